The van der Waals surface area contributed by atoms with Gasteiger partial charge in [0.2, 0.25) is 0 Å². The molecule has 2 aromatic heterocycles. The van der Waals surface area contributed by atoms with E-state index in [-0.39, 0.29) is 22.8 Å². The molecule has 1 atom stereocenters. The Morgan fingerprint density at radius 3 is 2.62 bits per heavy atom. The van der Waals surface area contributed by atoms with Crippen LogP contribution in [0, 0.1) is 11.6 Å². The fourth-order valence-corrected chi connectivity index (χ4v) is 7.91. The highest BCUT2D eigenvalue weighted by molar-refractivity contribution is 7.78. The summed E-state index contributed by atoms with van der Waals surface area (Å²) in [5.74, 6) is -0.458. The minimum Gasteiger partial charge on any atom is -0.461 e. The predicted octanol–water partition coefficient (Wildman–Crippen LogP) is 5.84. The Balaban J connectivity index is 1.45. The molecule has 0 saturated carbocycles. The molecule has 8 nitrogen and oxygen atoms in total. The molecule has 0 amide bonds. The summed E-state index contributed by atoms with van der Waals surface area (Å²) < 4.78 is 41.8. The first kappa shape index (κ1) is 32.1. The van der Waals surface area contributed by atoms with Crippen molar-refractivity contribution in [3.05, 3.63) is 58.9 Å². The van der Waals surface area contributed by atoms with Crippen molar-refractivity contribution in [1.29, 1.82) is 0 Å². The van der Waals surface area contributed by atoms with Crippen molar-refractivity contribution in [3.63, 3.8) is 0 Å². The van der Waals surface area contributed by atoms with Gasteiger partial charge in [-0.1, -0.05) is 44.4 Å². The zero-order chi connectivity index (χ0) is 31.6. The molecule has 0 bridgehead atoms. The van der Waals surface area contributed by atoms with Gasteiger partial charge in [-0.05, 0) is 83.0 Å². The van der Waals surface area contributed by atoms with Gasteiger partial charge in [-0.25, -0.2) is 8.78 Å². The smallest absolute Gasteiger partial charge is 0.319 e. The number of unbranched alkanes of at least 4 members (excludes halogenated alkanes) is 1. The van der Waals surface area contributed by atoms with Crippen LogP contribution in [0.1, 0.15) is 82.0 Å². The number of pyridine rings is 1. The van der Waals surface area contributed by atoms with Gasteiger partial charge in [-0.2, -0.15) is 9.97 Å². The summed E-state index contributed by atoms with van der Waals surface area (Å²) in [5.41, 5.74) is 7.55. The molecule has 1 unspecified atom stereocenters. The van der Waals surface area contributed by atoms with Crippen LogP contribution in [-0.2, 0) is 6.42 Å². The van der Waals surface area contributed by atoms with Crippen LogP contribution in [-0.4, -0.2) is 70.3 Å². The van der Waals surface area contributed by atoms with E-state index in [2.05, 4.69) is 44.2 Å². The third kappa shape index (κ3) is 6.04. The van der Waals surface area contributed by atoms with Crippen molar-refractivity contribution in [2.75, 3.05) is 44.2 Å². The van der Waals surface area contributed by atoms with Crippen LogP contribution >= 0.6 is 12.8 Å². The molecule has 0 aliphatic carbocycles. The first-order chi connectivity index (χ1) is 21.9. The summed E-state index contributed by atoms with van der Waals surface area (Å²) in [6.07, 6.45) is 12.1. The number of piperidine rings is 1. The SMILES string of the molecule is C/C=C(/c1ncc2c(N3CCCC(CN)(NS)C3)nc(OCC34CCCN3CCC4)nc2c1F)c1c(F)cccc1CCCC. The number of nitrogens with two attached hydrogens (primary N) is 1. The summed E-state index contributed by atoms with van der Waals surface area (Å²) >= 11 is 4.40. The Morgan fingerprint density at radius 1 is 1.13 bits per heavy atom. The second-order valence-electron chi connectivity index (χ2n) is 12.9. The van der Waals surface area contributed by atoms with Crippen LogP contribution in [0.3, 0.4) is 0 Å². The maximum atomic E-state index is 16.8. The number of fused-ring (bicyclic) bond motifs is 2. The maximum Gasteiger partial charge on any atom is 0.319 e. The summed E-state index contributed by atoms with van der Waals surface area (Å²) in [4.78, 5) is 18.8. The van der Waals surface area contributed by atoms with E-state index in [1.165, 1.54) is 6.07 Å². The van der Waals surface area contributed by atoms with E-state index in [4.69, 9.17) is 15.5 Å². The molecule has 1 aromatic carbocycles. The lowest BCUT2D eigenvalue weighted by Crippen LogP contribution is -2.58. The van der Waals surface area contributed by atoms with Crippen molar-refractivity contribution >= 4 is 35.1 Å². The Bertz CT molecular complexity index is 1550. The Kier molecular flexibility index (Phi) is 9.61. The molecule has 45 heavy (non-hydrogen) atoms. The molecule has 6 rings (SSSR count). The van der Waals surface area contributed by atoms with Gasteiger partial charge in [-0.3, -0.25) is 14.6 Å². The van der Waals surface area contributed by atoms with Crippen LogP contribution < -0.4 is 20.1 Å². The zero-order valence-electron chi connectivity index (χ0n) is 26.4. The van der Waals surface area contributed by atoms with Crippen molar-refractivity contribution < 1.29 is 13.5 Å². The number of halogens is 2. The summed E-state index contributed by atoms with van der Waals surface area (Å²) in [6.45, 7) is 8.13. The molecular formula is C34H45F2N7OS. The van der Waals surface area contributed by atoms with Gasteiger partial charge in [0, 0.05) is 37.0 Å². The molecule has 0 radical (unpaired) electrons. The molecule has 0 spiro atoms. The quantitative estimate of drug-likeness (QED) is 0.226. The van der Waals surface area contributed by atoms with E-state index < -0.39 is 17.2 Å². The summed E-state index contributed by atoms with van der Waals surface area (Å²) in [5, 5.41) is 0.479. The Labute approximate surface area is 270 Å². The third-order valence-corrected chi connectivity index (χ3v) is 10.6. The number of hydrogen-bond donors (Lipinski definition) is 3. The number of aromatic nitrogens is 3. The normalized spacial score (nSPS) is 21.9. The van der Waals surface area contributed by atoms with Crippen LogP contribution in [0.4, 0.5) is 14.6 Å². The van der Waals surface area contributed by atoms with E-state index in [0.717, 1.165) is 70.0 Å². The number of allylic oxidation sites excluding steroid dienone is 1. The minimum atomic E-state index is -0.616. The van der Waals surface area contributed by atoms with Crippen LogP contribution in [0.2, 0.25) is 0 Å². The highest BCUT2D eigenvalue weighted by atomic mass is 32.1. The van der Waals surface area contributed by atoms with Gasteiger partial charge < -0.3 is 15.4 Å². The van der Waals surface area contributed by atoms with Crippen LogP contribution in [0.25, 0.3) is 16.5 Å². The topological polar surface area (TPSA) is 92.4 Å². The highest BCUT2D eigenvalue weighted by Gasteiger charge is 2.45. The van der Waals surface area contributed by atoms with Gasteiger partial charge in [0.1, 0.15) is 29.5 Å². The van der Waals surface area contributed by atoms with Crippen LogP contribution in [0.15, 0.2) is 30.5 Å². The fraction of sp³-hybridized carbons (Fsp3) is 0.559. The lowest BCUT2D eigenvalue weighted by molar-refractivity contribution is 0.108. The van der Waals surface area contributed by atoms with Gasteiger partial charge >= 0.3 is 6.01 Å². The van der Waals surface area contributed by atoms with Gasteiger partial charge in [0.05, 0.1) is 16.5 Å². The Morgan fingerprint density at radius 2 is 1.91 bits per heavy atom. The second-order valence-corrected chi connectivity index (χ2v) is 13.1. The number of benzene rings is 1. The second kappa shape index (κ2) is 13.5. The standard InChI is InChI=1S/C34H45F2N7OS/c1-3-5-10-23-11-6-12-26(35)27(23)24(4-2)29-28(36)30-25(19-38-29)31(42-16-7-13-33(20-37,21-42)41-45)40-32(39-30)44-22-34-14-8-17-43(34)18-9-15-34/h4,6,11-12,19,41,45H,3,5,7-10,13-18,20-22,37H2,1-2H3/b24-4+. The number of thiol groups is 1. The average Bonchev–Trinajstić information content (AvgIpc) is 3.65. The maximum absolute atomic E-state index is 16.8. The zero-order valence-corrected chi connectivity index (χ0v) is 27.3. The largest absolute Gasteiger partial charge is 0.461 e. The van der Waals surface area contributed by atoms with Crippen molar-refractivity contribution in [2.24, 2.45) is 5.73 Å². The molecule has 3 aliphatic rings. The third-order valence-electron chi connectivity index (χ3n) is 10.1. The number of nitrogens with one attached hydrogen (secondary N) is 1. The molecule has 242 valence electrons. The number of nitrogens with zero attached hydrogens (tertiary/aromatic N) is 5. The summed E-state index contributed by atoms with van der Waals surface area (Å²) in [6, 6.07) is 5.18. The monoisotopic (exact) mass is 637 g/mol. The van der Waals surface area contributed by atoms with Crippen LogP contribution in [0.5, 0.6) is 6.01 Å². The number of aryl methyl sites for hydroxylation is 1. The van der Waals surface area contributed by atoms with E-state index >= 15 is 8.78 Å². The first-order valence-electron chi connectivity index (χ1n) is 16.4. The number of hydrogen-bond acceptors (Lipinski definition) is 9. The molecule has 3 aromatic rings. The summed E-state index contributed by atoms with van der Waals surface area (Å²) in [7, 11) is 0. The van der Waals surface area contributed by atoms with Crippen molar-refractivity contribution in [3.8, 4) is 6.01 Å². The lowest BCUT2D eigenvalue weighted by Gasteiger charge is -2.42. The lowest BCUT2D eigenvalue weighted by atomic mass is 9.90. The van der Waals surface area contributed by atoms with E-state index in [1.807, 2.05) is 6.07 Å². The molecule has 3 aliphatic heterocycles. The van der Waals surface area contributed by atoms with Crippen molar-refractivity contribution in [2.45, 2.75) is 82.7 Å². The molecule has 3 saturated heterocycles. The molecule has 3 N–H and O–H groups in total. The highest BCUT2D eigenvalue weighted by Crippen LogP contribution is 2.40. The molecule has 11 heteroatoms. The van der Waals surface area contributed by atoms with E-state index in [0.29, 0.717) is 55.0 Å². The van der Waals surface area contributed by atoms with E-state index in [1.54, 1.807) is 25.3 Å². The van der Waals surface area contributed by atoms with Gasteiger partial charge in [-0.15, -0.1) is 0 Å². The molecule has 5 heterocycles. The number of anilines is 1. The van der Waals surface area contributed by atoms with Gasteiger partial charge in [0.25, 0.3) is 0 Å². The Hall–Kier alpha value is -2.86. The van der Waals surface area contributed by atoms with Gasteiger partial charge in [0.15, 0.2) is 5.82 Å². The van der Waals surface area contributed by atoms with Crippen molar-refractivity contribution in [1.82, 2.24) is 24.6 Å². The predicted molar refractivity (Wildman–Crippen MR) is 179 cm³/mol. The minimum absolute atomic E-state index is 0.0198. The first-order valence-corrected chi connectivity index (χ1v) is 16.9. The molecule has 3 fully saturated rings. The molecular weight excluding hydrogens is 592 g/mol. The fourth-order valence-electron chi connectivity index (χ4n) is 7.64. The van der Waals surface area contributed by atoms with E-state index in [9.17, 15) is 0 Å². The average molecular weight is 638 g/mol. The number of rotatable bonds is 11. The number of ether oxygens (including phenoxy) is 1.